The number of aliphatic hydroxyl groups excluding tert-OH is 1. The Hall–Kier alpha value is -1.90. The van der Waals surface area contributed by atoms with Crippen molar-refractivity contribution in [2.24, 2.45) is 0 Å². The third-order valence-corrected chi connectivity index (χ3v) is 9.15. The third-order valence-electron chi connectivity index (χ3n) is 4.67. The molecule has 1 aromatic carbocycles. The van der Waals surface area contributed by atoms with Gasteiger partial charge in [-0.05, 0) is 56.1 Å². The summed E-state index contributed by atoms with van der Waals surface area (Å²) >= 11 is 0. The van der Waals surface area contributed by atoms with Crippen molar-refractivity contribution in [3.63, 3.8) is 0 Å². The molecule has 0 heterocycles. The molecule has 0 aliphatic carbocycles. The number of ether oxygens (including phenoxy) is 1. The van der Waals surface area contributed by atoms with E-state index in [1.54, 1.807) is 39.0 Å². The Labute approximate surface area is 168 Å². The zero-order chi connectivity index (χ0) is 21.8. The molecular weight excluding hydrogens is 376 g/mol. The van der Waals surface area contributed by atoms with Crippen molar-refractivity contribution in [1.29, 1.82) is 0 Å². The number of amides is 2. The Bertz CT molecular complexity index is 706. The van der Waals surface area contributed by atoms with Crippen LogP contribution in [-0.4, -0.2) is 31.0 Å². The van der Waals surface area contributed by atoms with Crippen molar-refractivity contribution in [2.75, 3.05) is 0 Å². The molecule has 0 saturated heterocycles. The number of hydrogen-bond acceptors (Lipinski definition) is 5. The van der Waals surface area contributed by atoms with Crippen LogP contribution in [0.4, 0.5) is 4.79 Å². The van der Waals surface area contributed by atoms with Gasteiger partial charge in [0.25, 0.3) is 5.91 Å². The fourth-order valence-corrected chi connectivity index (χ4v) is 3.01. The SMILES string of the molecule is CC(C)(C)OC(=O)NNC(=O)c1ccc(CO[Si](C)(C)C(C)(C)C)cc1CO. The second kappa shape index (κ2) is 9.06. The molecule has 7 nitrogen and oxygen atoms in total. The smallest absolute Gasteiger partial charge is 0.426 e. The quantitative estimate of drug-likeness (QED) is 0.506. The number of carbonyl (C=O) groups excluding carboxylic acids is 2. The van der Waals surface area contributed by atoms with Gasteiger partial charge in [0.05, 0.1) is 13.2 Å². The van der Waals surface area contributed by atoms with E-state index in [0.29, 0.717) is 12.2 Å². The summed E-state index contributed by atoms with van der Waals surface area (Å²) in [5, 5.41) is 9.75. The van der Waals surface area contributed by atoms with Crippen LogP contribution in [0.1, 0.15) is 63.0 Å². The van der Waals surface area contributed by atoms with Crippen LogP contribution in [-0.2, 0) is 22.4 Å². The molecule has 2 amide bonds. The summed E-state index contributed by atoms with van der Waals surface area (Å²) in [6.45, 7) is 16.1. The van der Waals surface area contributed by atoms with Crippen molar-refractivity contribution in [1.82, 2.24) is 10.9 Å². The van der Waals surface area contributed by atoms with E-state index in [1.807, 2.05) is 0 Å². The van der Waals surface area contributed by atoms with Crippen LogP contribution in [0.15, 0.2) is 18.2 Å². The minimum absolute atomic E-state index is 0.0972. The van der Waals surface area contributed by atoms with Crippen molar-refractivity contribution < 1.29 is 23.9 Å². The van der Waals surface area contributed by atoms with E-state index < -0.39 is 25.9 Å². The molecule has 0 fully saturated rings. The van der Waals surface area contributed by atoms with Gasteiger partial charge in [-0.2, -0.15) is 0 Å². The Morgan fingerprint density at radius 3 is 2.18 bits per heavy atom. The molecule has 1 aromatic rings. The average Bonchev–Trinajstić information content (AvgIpc) is 2.55. The Balaban J connectivity index is 2.79. The fourth-order valence-electron chi connectivity index (χ4n) is 2.05. The molecule has 8 heteroatoms. The Morgan fingerprint density at radius 1 is 1.07 bits per heavy atom. The molecule has 158 valence electrons. The van der Waals surface area contributed by atoms with Gasteiger partial charge in [-0.15, -0.1) is 0 Å². The number of carbonyl (C=O) groups is 2. The summed E-state index contributed by atoms with van der Waals surface area (Å²) in [4.78, 5) is 24.0. The lowest BCUT2D eigenvalue weighted by Gasteiger charge is -2.36. The lowest BCUT2D eigenvalue weighted by atomic mass is 10.0. The summed E-state index contributed by atoms with van der Waals surface area (Å²) in [5.74, 6) is -0.535. The van der Waals surface area contributed by atoms with Gasteiger partial charge in [-0.25, -0.2) is 10.2 Å². The van der Waals surface area contributed by atoms with E-state index in [-0.39, 0.29) is 17.2 Å². The van der Waals surface area contributed by atoms with Crippen LogP contribution < -0.4 is 10.9 Å². The molecule has 0 aliphatic rings. The first-order chi connectivity index (χ1) is 12.7. The largest absolute Gasteiger partial charge is 0.443 e. The highest BCUT2D eigenvalue weighted by Gasteiger charge is 2.37. The molecule has 0 aliphatic heterocycles. The predicted octanol–water partition coefficient (Wildman–Crippen LogP) is 3.87. The van der Waals surface area contributed by atoms with Crippen LogP contribution in [0.25, 0.3) is 0 Å². The van der Waals surface area contributed by atoms with E-state index in [9.17, 15) is 14.7 Å². The van der Waals surface area contributed by atoms with Crippen molar-refractivity contribution >= 4 is 20.3 Å². The fraction of sp³-hybridized carbons (Fsp3) is 0.600. The highest BCUT2D eigenvalue weighted by molar-refractivity contribution is 6.74. The third kappa shape index (κ3) is 7.25. The standard InChI is InChI=1S/C20H34N2O5Si/c1-19(2,3)27-18(25)22-21-17(24)16-10-9-14(11-15(16)12-23)13-26-28(7,8)20(4,5)6/h9-11,23H,12-13H2,1-8H3,(H,21,24)(H,22,25). The van der Waals surface area contributed by atoms with Crippen molar-refractivity contribution in [3.05, 3.63) is 34.9 Å². The van der Waals surface area contributed by atoms with E-state index in [4.69, 9.17) is 9.16 Å². The number of rotatable bonds is 5. The number of aliphatic hydroxyl groups is 1. The van der Waals surface area contributed by atoms with Crippen LogP contribution >= 0.6 is 0 Å². The molecule has 0 spiro atoms. The summed E-state index contributed by atoms with van der Waals surface area (Å²) in [6, 6.07) is 5.15. The molecule has 0 atom stereocenters. The molecule has 28 heavy (non-hydrogen) atoms. The molecule has 3 N–H and O–H groups in total. The van der Waals surface area contributed by atoms with Crippen LogP contribution in [0, 0.1) is 0 Å². The second-order valence-electron chi connectivity index (χ2n) is 9.28. The maximum atomic E-state index is 12.3. The predicted molar refractivity (Wildman–Crippen MR) is 111 cm³/mol. The Morgan fingerprint density at radius 2 is 1.68 bits per heavy atom. The molecular formula is C20H34N2O5Si. The molecule has 0 unspecified atom stereocenters. The van der Waals surface area contributed by atoms with Crippen LogP contribution in [0.5, 0.6) is 0 Å². The van der Waals surface area contributed by atoms with Gasteiger partial charge in [-0.3, -0.25) is 10.2 Å². The van der Waals surface area contributed by atoms with Gasteiger partial charge in [0, 0.05) is 5.56 Å². The normalized spacial score (nSPS) is 12.5. The molecule has 0 saturated carbocycles. The van der Waals surface area contributed by atoms with E-state index in [1.165, 1.54) is 0 Å². The topological polar surface area (TPSA) is 96.9 Å². The summed E-state index contributed by atoms with van der Waals surface area (Å²) < 4.78 is 11.3. The number of hydrogen-bond donors (Lipinski definition) is 3. The van der Waals surface area contributed by atoms with Gasteiger partial charge in [-0.1, -0.05) is 32.9 Å². The van der Waals surface area contributed by atoms with Crippen LogP contribution in [0.3, 0.4) is 0 Å². The highest BCUT2D eigenvalue weighted by Crippen LogP contribution is 2.37. The second-order valence-corrected chi connectivity index (χ2v) is 14.1. The monoisotopic (exact) mass is 410 g/mol. The first-order valence-corrected chi connectivity index (χ1v) is 12.2. The zero-order valence-electron chi connectivity index (χ0n) is 18.2. The van der Waals surface area contributed by atoms with E-state index in [2.05, 4.69) is 44.7 Å². The van der Waals surface area contributed by atoms with Gasteiger partial charge in [0.2, 0.25) is 0 Å². The first-order valence-electron chi connectivity index (χ1n) is 9.32. The summed E-state index contributed by atoms with van der Waals surface area (Å²) in [5.41, 5.74) is 5.44. The minimum Gasteiger partial charge on any atom is -0.443 e. The van der Waals surface area contributed by atoms with Crippen molar-refractivity contribution in [2.45, 2.75) is 78.5 Å². The number of hydrazine groups is 1. The first kappa shape index (κ1) is 24.1. The van der Waals surface area contributed by atoms with Gasteiger partial charge < -0.3 is 14.3 Å². The Kier molecular flexibility index (Phi) is 7.81. The minimum atomic E-state index is -1.90. The lowest BCUT2D eigenvalue weighted by molar-refractivity contribution is 0.0483. The summed E-state index contributed by atoms with van der Waals surface area (Å²) in [7, 11) is -1.90. The summed E-state index contributed by atoms with van der Waals surface area (Å²) in [6.07, 6.45) is -0.759. The maximum Gasteiger partial charge on any atom is 0.426 e. The van der Waals surface area contributed by atoms with E-state index >= 15 is 0 Å². The number of benzene rings is 1. The van der Waals surface area contributed by atoms with Crippen LogP contribution in [0.2, 0.25) is 18.1 Å². The molecule has 0 aromatic heterocycles. The van der Waals surface area contributed by atoms with Gasteiger partial charge in [0.1, 0.15) is 5.60 Å². The zero-order valence-corrected chi connectivity index (χ0v) is 19.2. The van der Waals surface area contributed by atoms with Crippen molar-refractivity contribution in [3.8, 4) is 0 Å². The van der Waals surface area contributed by atoms with E-state index in [0.717, 1.165) is 5.56 Å². The maximum absolute atomic E-state index is 12.3. The lowest BCUT2D eigenvalue weighted by Crippen LogP contribution is -2.44. The van der Waals surface area contributed by atoms with Gasteiger partial charge in [0.15, 0.2) is 8.32 Å². The van der Waals surface area contributed by atoms with Gasteiger partial charge >= 0.3 is 6.09 Å². The average molecular weight is 411 g/mol. The molecule has 1 rings (SSSR count). The highest BCUT2D eigenvalue weighted by atomic mass is 28.4. The molecule has 0 radical (unpaired) electrons. The number of nitrogens with one attached hydrogen (secondary N) is 2. The molecule has 0 bridgehead atoms.